The summed E-state index contributed by atoms with van der Waals surface area (Å²) in [6.07, 6.45) is 1.93. The summed E-state index contributed by atoms with van der Waals surface area (Å²) in [7, 11) is 1.90. The number of nitrogens with zero attached hydrogens (tertiary/aromatic N) is 5. The van der Waals surface area contributed by atoms with E-state index in [1.165, 1.54) is 0 Å². The number of amides is 1. The Bertz CT molecular complexity index is 1010. The minimum Gasteiger partial charge on any atom is -0.478 e. The van der Waals surface area contributed by atoms with Crippen molar-refractivity contribution in [3.05, 3.63) is 23.8 Å². The molecule has 0 radical (unpaired) electrons. The van der Waals surface area contributed by atoms with E-state index in [2.05, 4.69) is 9.80 Å². The van der Waals surface area contributed by atoms with E-state index in [-0.39, 0.29) is 11.7 Å². The van der Waals surface area contributed by atoms with Gasteiger partial charge in [-0.25, -0.2) is 9.59 Å². The molecule has 0 unspecified atom stereocenters. The quantitative estimate of drug-likeness (QED) is 0.695. The molecule has 4 rings (SSSR count). The highest BCUT2D eigenvalue weighted by Gasteiger charge is 2.29. The van der Waals surface area contributed by atoms with Crippen LogP contribution in [0.4, 0.5) is 10.6 Å². The van der Waals surface area contributed by atoms with Crippen molar-refractivity contribution in [2.24, 2.45) is 13.0 Å². The predicted molar refractivity (Wildman–Crippen MR) is 138 cm³/mol. The van der Waals surface area contributed by atoms with Gasteiger partial charge in [0.05, 0.1) is 11.1 Å². The second-order valence-electron chi connectivity index (χ2n) is 10.2. The van der Waals surface area contributed by atoms with Gasteiger partial charge in [0.15, 0.2) is 5.82 Å². The van der Waals surface area contributed by atoms with Gasteiger partial charge in [-0.3, -0.25) is 9.58 Å². The molecule has 9 heteroatoms. The zero-order valence-electron chi connectivity index (χ0n) is 22.1. The SMILES string of the molecule is CC.Cn1nc(N2CCC(CN3CCN(C(=O)OC(C)(C)C)CC3)CC2)c2cc(C(=O)O)ccc21. The Labute approximate surface area is 208 Å². The summed E-state index contributed by atoms with van der Waals surface area (Å²) in [6, 6.07) is 5.19. The number of ether oxygens (including phenoxy) is 1. The Balaban J connectivity index is 0.00000167. The molecule has 2 aliphatic rings. The van der Waals surface area contributed by atoms with Crippen LogP contribution in [0.2, 0.25) is 0 Å². The van der Waals surface area contributed by atoms with Crippen LogP contribution in [0, 0.1) is 5.92 Å². The Hall–Kier alpha value is -2.81. The number of benzene rings is 1. The molecule has 0 atom stereocenters. The molecule has 0 bridgehead atoms. The number of piperazine rings is 1. The third-order valence-electron chi connectivity index (χ3n) is 6.53. The van der Waals surface area contributed by atoms with Crippen LogP contribution >= 0.6 is 0 Å². The number of carboxylic acids is 1. The number of hydrogen-bond acceptors (Lipinski definition) is 6. The van der Waals surface area contributed by atoms with Crippen LogP contribution in [0.3, 0.4) is 0 Å². The first-order chi connectivity index (χ1) is 16.6. The molecular weight excluding hydrogens is 446 g/mol. The van der Waals surface area contributed by atoms with Crippen LogP contribution in [0.15, 0.2) is 18.2 Å². The number of carbonyl (C=O) groups is 2. The lowest BCUT2D eigenvalue weighted by molar-refractivity contribution is 0.0130. The van der Waals surface area contributed by atoms with Crippen molar-refractivity contribution in [2.75, 3.05) is 50.7 Å². The van der Waals surface area contributed by atoms with Crippen LogP contribution in [0.1, 0.15) is 57.8 Å². The van der Waals surface area contributed by atoms with Crippen LogP contribution in [-0.2, 0) is 11.8 Å². The summed E-state index contributed by atoms with van der Waals surface area (Å²) >= 11 is 0. The number of fused-ring (bicyclic) bond motifs is 1. The van der Waals surface area contributed by atoms with E-state index < -0.39 is 11.6 Å². The minimum absolute atomic E-state index is 0.218. The molecule has 1 aromatic carbocycles. The summed E-state index contributed by atoms with van der Waals surface area (Å²) in [5.41, 5.74) is 0.771. The summed E-state index contributed by atoms with van der Waals surface area (Å²) in [6.45, 7) is 15.7. The maximum absolute atomic E-state index is 12.3. The van der Waals surface area contributed by atoms with Gasteiger partial charge in [0.1, 0.15) is 5.60 Å². The van der Waals surface area contributed by atoms with Gasteiger partial charge in [-0.2, -0.15) is 5.10 Å². The van der Waals surface area contributed by atoms with E-state index in [1.807, 2.05) is 57.3 Å². The molecule has 0 saturated carbocycles. The molecule has 0 aliphatic carbocycles. The Morgan fingerprint density at radius 2 is 1.69 bits per heavy atom. The van der Waals surface area contributed by atoms with Crippen molar-refractivity contribution in [2.45, 2.75) is 53.1 Å². The molecule has 2 fully saturated rings. The third kappa shape index (κ3) is 6.66. The monoisotopic (exact) mass is 487 g/mol. The van der Waals surface area contributed by atoms with E-state index in [1.54, 1.807) is 12.1 Å². The average Bonchev–Trinajstić information content (AvgIpc) is 3.16. The molecule has 1 N–H and O–H groups in total. The lowest BCUT2D eigenvalue weighted by Gasteiger charge is -2.39. The van der Waals surface area contributed by atoms with Crippen LogP contribution in [0.25, 0.3) is 10.9 Å². The highest BCUT2D eigenvalue weighted by molar-refractivity contribution is 5.98. The van der Waals surface area contributed by atoms with Gasteiger partial charge in [-0.15, -0.1) is 0 Å². The molecule has 2 aromatic rings. The molecule has 1 aromatic heterocycles. The van der Waals surface area contributed by atoms with Crippen molar-refractivity contribution in [3.63, 3.8) is 0 Å². The van der Waals surface area contributed by atoms with Crippen LogP contribution in [0.5, 0.6) is 0 Å². The number of anilines is 1. The normalized spacial score (nSPS) is 17.8. The highest BCUT2D eigenvalue weighted by atomic mass is 16.6. The number of piperidine rings is 1. The van der Waals surface area contributed by atoms with Gasteiger partial charge in [0.2, 0.25) is 0 Å². The molecule has 194 valence electrons. The zero-order valence-corrected chi connectivity index (χ0v) is 22.1. The first kappa shape index (κ1) is 26.8. The van der Waals surface area contributed by atoms with Gasteiger partial charge in [-0.05, 0) is 57.7 Å². The van der Waals surface area contributed by atoms with Gasteiger partial charge in [0, 0.05) is 58.2 Å². The summed E-state index contributed by atoms with van der Waals surface area (Å²) in [4.78, 5) is 30.2. The summed E-state index contributed by atoms with van der Waals surface area (Å²) in [5.74, 6) is 0.566. The fourth-order valence-electron chi connectivity index (χ4n) is 4.75. The van der Waals surface area contributed by atoms with Crippen LogP contribution < -0.4 is 4.90 Å². The number of aromatic carboxylic acids is 1. The molecular formula is C26H41N5O4. The maximum Gasteiger partial charge on any atom is 0.410 e. The first-order valence-electron chi connectivity index (χ1n) is 12.8. The van der Waals surface area contributed by atoms with Crippen LogP contribution in [-0.4, -0.2) is 88.2 Å². The molecule has 35 heavy (non-hydrogen) atoms. The number of aromatic nitrogens is 2. The second-order valence-corrected chi connectivity index (χ2v) is 10.2. The fraction of sp³-hybridized carbons (Fsp3) is 0.654. The molecule has 1 amide bonds. The van der Waals surface area contributed by atoms with E-state index in [0.717, 1.165) is 62.3 Å². The zero-order chi connectivity index (χ0) is 25.8. The Kier molecular flexibility index (Phi) is 8.64. The van der Waals surface area contributed by atoms with Gasteiger partial charge in [0.25, 0.3) is 0 Å². The molecule has 0 spiro atoms. The van der Waals surface area contributed by atoms with Gasteiger partial charge < -0.3 is 19.6 Å². The highest BCUT2D eigenvalue weighted by Crippen LogP contribution is 2.30. The second kappa shape index (κ2) is 11.3. The standard InChI is InChI=1S/C24H35N5O4.C2H6/c1-24(2,3)33-23(32)29-13-11-27(12-14-29)16-17-7-9-28(10-8-17)21-19-15-18(22(30)31)5-6-20(19)26(4)25-21;1-2/h5-6,15,17H,7-14,16H2,1-4H3,(H,30,31);1-2H3. The van der Waals surface area contributed by atoms with E-state index in [0.29, 0.717) is 19.0 Å². The largest absolute Gasteiger partial charge is 0.478 e. The lowest BCUT2D eigenvalue weighted by atomic mass is 9.95. The molecule has 3 heterocycles. The van der Waals surface area contributed by atoms with Gasteiger partial charge in [-0.1, -0.05) is 13.8 Å². The van der Waals surface area contributed by atoms with Crippen molar-refractivity contribution in [1.82, 2.24) is 19.6 Å². The average molecular weight is 488 g/mol. The molecule has 2 saturated heterocycles. The number of rotatable bonds is 4. The molecule has 2 aliphatic heterocycles. The van der Waals surface area contributed by atoms with Gasteiger partial charge >= 0.3 is 12.1 Å². The van der Waals surface area contributed by atoms with Crippen molar-refractivity contribution in [3.8, 4) is 0 Å². The smallest absolute Gasteiger partial charge is 0.410 e. The number of hydrogen-bond donors (Lipinski definition) is 1. The Morgan fingerprint density at radius 3 is 2.26 bits per heavy atom. The summed E-state index contributed by atoms with van der Waals surface area (Å²) < 4.78 is 7.32. The van der Waals surface area contributed by atoms with Crippen molar-refractivity contribution >= 4 is 28.8 Å². The lowest BCUT2D eigenvalue weighted by Crippen LogP contribution is -2.51. The topological polar surface area (TPSA) is 91.1 Å². The predicted octanol–water partition coefficient (Wildman–Crippen LogP) is 4.07. The maximum atomic E-state index is 12.3. The number of carbonyl (C=O) groups excluding carboxylic acids is 1. The van der Waals surface area contributed by atoms with Crippen molar-refractivity contribution in [1.29, 1.82) is 0 Å². The van der Waals surface area contributed by atoms with E-state index in [9.17, 15) is 14.7 Å². The van der Waals surface area contributed by atoms with E-state index in [4.69, 9.17) is 9.84 Å². The first-order valence-corrected chi connectivity index (χ1v) is 12.8. The van der Waals surface area contributed by atoms with Crippen molar-refractivity contribution < 1.29 is 19.4 Å². The third-order valence-corrected chi connectivity index (χ3v) is 6.53. The Morgan fingerprint density at radius 1 is 1.06 bits per heavy atom. The fourth-order valence-corrected chi connectivity index (χ4v) is 4.75. The number of carboxylic acid groups (broad SMARTS) is 1. The minimum atomic E-state index is -0.919. The number of aryl methyl sites for hydroxylation is 1. The van der Waals surface area contributed by atoms with E-state index >= 15 is 0 Å². The molecule has 9 nitrogen and oxygen atoms in total. The summed E-state index contributed by atoms with van der Waals surface area (Å²) in [5, 5.41) is 15.0.